The van der Waals surface area contributed by atoms with Crippen molar-refractivity contribution < 1.29 is 8.22 Å². The van der Waals surface area contributed by atoms with E-state index in [1.54, 1.807) is 12.1 Å². The SMILES string of the molecule is [2H]C([2H])(N1CCN(C)CC1)C([2H])([2H])C([2H])([2H])N1c2ccccc2Sc2ccc(C)cc21. The highest BCUT2D eigenvalue weighted by molar-refractivity contribution is 7.99. The van der Waals surface area contributed by atoms with Crippen LogP contribution >= 0.6 is 11.8 Å². The normalized spacial score (nSPS) is 23.4. The second kappa shape index (κ2) is 7.40. The number of anilines is 2. The van der Waals surface area contributed by atoms with Crippen LogP contribution in [0, 0.1) is 6.92 Å². The maximum Gasteiger partial charge on any atom is 0.0555 e. The monoisotopic (exact) mass is 359 g/mol. The lowest BCUT2D eigenvalue weighted by Gasteiger charge is -2.35. The van der Waals surface area contributed by atoms with Crippen LogP contribution in [-0.4, -0.2) is 56.0 Å². The maximum absolute atomic E-state index is 9.00. The van der Waals surface area contributed by atoms with E-state index in [-0.39, 0.29) is 0 Å². The van der Waals surface area contributed by atoms with Gasteiger partial charge in [-0.25, -0.2) is 0 Å². The minimum Gasteiger partial charge on any atom is -0.340 e. The molecular formula is C21H27N3S. The molecule has 0 bridgehead atoms. The molecule has 0 radical (unpaired) electrons. The molecule has 0 amide bonds. The molecule has 0 aliphatic carbocycles. The van der Waals surface area contributed by atoms with Crippen molar-refractivity contribution in [3.05, 3.63) is 48.0 Å². The summed E-state index contributed by atoms with van der Waals surface area (Å²) in [7, 11) is 1.95. The number of hydrogen-bond donors (Lipinski definition) is 0. The van der Waals surface area contributed by atoms with Crippen molar-refractivity contribution in [3.63, 3.8) is 0 Å². The number of likely N-dealkylation sites (N-methyl/N-ethyl adjacent to an activating group) is 1. The molecule has 132 valence electrons. The Kier molecular flexibility index (Phi) is 3.34. The zero-order valence-electron chi connectivity index (χ0n) is 20.6. The van der Waals surface area contributed by atoms with Gasteiger partial charge in [-0.2, -0.15) is 0 Å². The molecule has 3 nitrogen and oxygen atoms in total. The first-order chi connectivity index (χ1) is 14.5. The van der Waals surface area contributed by atoms with Crippen LogP contribution in [0.1, 0.15) is 20.2 Å². The summed E-state index contributed by atoms with van der Waals surface area (Å²) in [6.45, 7) is -1.31. The van der Waals surface area contributed by atoms with E-state index in [1.807, 2.05) is 44.3 Å². The van der Waals surface area contributed by atoms with E-state index >= 15 is 0 Å². The number of aryl methyl sites for hydroxylation is 1. The van der Waals surface area contributed by atoms with Crippen molar-refractivity contribution in [2.45, 2.75) is 23.1 Å². The van der Waals surface area contributed by atoms with E-state index in [1.165, 1.54) is 21.6 Å². The Morgan fingerprint density at radius 2 is 1.72 bits per heavy atom. The summed E-state index contributed by atoms with van der Waals surface area (Å²) in [5.41, 5.74) is 2.04. The van der Waals surface area contributed by atoms with Crippen molar-refractivity contribution in [1.29, 1.82) is 0 Å². The van der Waals surface area contributed by atoms with Gasteiger partial charge < -0.3 is 14.7 Å². The number of benzene rings is 2. The summed E-state index contributed by atoms with van der Waals surface area (Å²) in [5.74, 6) is 0. The first-order valence-corrected chi connectivity index (χ1v) is 9.40. The van der Waals surface area contributed by atoms with Crippen LogP contribution in [-0.2, 0) is 0 Å². The molecule has 0 saturated carbocycles. The fourth-order valence-corrected chi connectivity index (χ4v) is 4.10. The highest BCUT2D eigenvalue weighted by Gasteiger charge is 2.23. The van der Waals surface area contributed by atoms with Crippen LogP contribution in [0.3, 0.4) is 0 Å². The molecule has 2 aliphatic heterocycles. The van der Waals surface area contributed by atoms with Crippen LogP contribution in [0.2, 0.25) is 0 Å². The fourth-order valence-electron chi connectivity index (χ4n) is 3.06. The first-order valence-electron chi connectivity index (χ1n) is 11.6. The average Bonchev–Trinajstić information content (AvgIpc) is 2.72. The highest BCUT2D eigenvalue weighted by atomic mass is 32.2. The molecule has 4 heteroatoms. The third-order valence-electron chi connectivity index (χ3n) is 4.57. The van der Waals surface area contributed by atoms with E-state index < -0.39 is 19.4 Å². The minimum absolute atomic E-state index is 0.348. The second-order valence-electron chi connectivity index (χ2n) is 6.52. The van der Waals surface area contributed by atoms with Gasteiger partial charge in [0, 0.05) is 50.7 Å². The van der Waals surface area contributed by atoms with Crippen LogP contribution in [0.15, 0.2) is 52.3 Å². The Bertz CT molecular complexity index is 975. The van der Waals surface area contributed by atoms with E-state index in [2.05, 4.69) is 4.90 Å². The van der Waals surface area contributed by atoms with Crippen molar-refractivity contribution in [2.75, 3.05) is 51.1 Å². The van der Waals surface area contributed by atoms with Crippen LogP contribution in [0.5, 0.6) is 0 Å². The number of piperazine rings is 1. The fraction of sp³-hybridized carbons (Fsp3) is 0.429. The Labute approximate surface area is 164 Å². The first kappa shape index (κ1) is 11.3. The lowest BCUT2D eigenvalue weighted by Crippen LogP contribution is -2.45. The third kappa shape index (κ3) is 3.71. The molecule has 0 atom stereocenters. The molecule has 0 aromatic heterocycles. The molecule has 2 aromatic carbocycles. The molecule has 2 aromatic rings. The smallest absolute Gasteiger partial charge is 0.0555 e. The van der Waals surface area contributed by atoms with E-state index in [4.69, 9.17) is 8.22 Å². The number of fused-ring (bicyclic) bond motifs is 2. The Morgan fingerprint density at radius 3 is 2.56 bits per heavy atom. The zero-order valence-corrected chi connectivity index (χ0v) is 15.4. The minimum atomic E-state index is -2.83. The standard InChI is InChI=1S/C21H27N3S/c1-17-8-9-21-19(16-17)24(18-6-3-4-7-20(18)25-21)11-5-10-23-14-12-22(2)13-15-23/h3-4,6-9,16H,5,10-15H2,1-2H3/i5D2,10D2,11D2. The summed E-state index contributed by atoms with van der Waals surface area (Å²) in [6.07, 6.45) is -2.83. The van der Waals surface area contributed by atoms with Gasteiger partial charge in [0.25, 0.3) is 0 Å². The van der Waals surface area contributed by atoms with Gasteiger partial charge >= 0.3 is 0 Å². The average molecular weight is 360 g/mol. The number of rotatable bonds is 4. The summed E-state index contributed by atoms with van der Waals surface area (Å²) >= 11 is 1.52. The van der Waals surface area contributed by atoms with Gasteiger partial charge in [0.05, 0.1) is 11.4 Å². The Morgan fingerprint density at radius 1 is 0.960 bits per heavy atom. The summed E-state index contributed by atoms with van der Waals surface area (Å²) in [6, 6.07) is 13.0. The van der Waals surface area contributed by atoms with Crippen molar-refractivity contribution in [3.8, 4) is 0 Å². The number of para-hydroxylation sites is 1. The quantitative estimate of drug-likeness (QED) is 0.807. The molecule has 0 spiro atoms. The predicted molar refractivity (Wildman–Crippen MR) is 107 cm³/mol. The van der Waals surface area contributed by atoms with Gasteiger partial charge in [0.2, 0.25) is 0 Å². The van der Waals surface area contributed by atoms with Gasteiger partial charge in [0.15, 0.2) is 0 Å². The van der Waals surface area contributed by atoms with Crippen molar-refractivity contribution >= 4 is 23.1 Å². The third-order valence-corrected chi connectivity index (χ3v) is 5.70. The van der Waals surface area contributed by atoms with Gasteiger partial charge in [-0.3, -0.25) is 0 Å². The molecular weight excluding hydrogens is 326 g/mol. The summed E-state index contributed by atoms with van der Waals surface area (Å²) < 4.78 is 53.0. The number of nitrogens with zero attached hydrogens (tertiary/aromatic N) is 3. The molecule has 1 fully saturated rings. The van der Waals surface area contributed by atoms with Crippen LogP contribution in [0.4, 0.5) is 11.4 Å². The molecule has 2 heterocycles. The van der Waals surface area contributed by atoms with Gasteiger partial charge in [0.1, 0.15) is 0 Å². The summed E-state index contributed by atoms with van der Waals surface area (Å²) in [5, 5.41) is 0. The second-order valence-corrected chi connectivity index (χ2v) is 7.60. The van der Waals surface area contributed by atoms with E-state index in [0.29, 0.717) is 37.6 Å². The largest absolute Gasteiger partial charge is 0.340 e. The molecule has 4 rings (SSSR count). The van der Waals surface area contributed by atoms with Crippen molar-refractivity contribution in [2.24, 2.45) is 0 Å². The Hall–Kier alpha value is -1.49. The van der Waals surface area contributed by atoms with Gasteiger partial charge in [-0.1, -0.05) is 30.0 Å². The van der Waals surface area contributed by atoms with E-state index in [9.17, 15) is 0 Å². The maximum atomic E-state index is 9.00. The van der Waals surface area contributed by atoms with Gasteiger partial charge in [-0.05, 0) is 56.7 Å². The molecule has 0 unspecified atom stereocenters. The Balaban J connectivity index is 1.81. The predicted octanol–water partition coefficient (Wildman–Crippen LogP) is 4.24. The number of hydrogen-bond acceptors (Lipinski definition) is 4. The van der Waals surface area contributed by atoms with E-state index in [0.717, 1.165) is 15.4 Å². The van der Waals surface area contributed by atoms with Crippen LogP contribution < -0.4 is 4.90 Å². The molecule has 2 aliphatic rings. The molecule has 0 N–H and O–H groups in total. The zero-order chi connectivity index (χ0) is 22.6. The van der Waals surface area contributed by atoms with Crippen LogP contribution in [0.25, 0.3) is 0 Å². The topological polar surface area (TPSA) is 9.72 Å². The van der Waals surface area contributed by atoms with Crippen molar-refractivity contribution in [1.82, 2.24) is 9.80 Å². The summed E-state index contributed by atoms with van der Waals surface area (Å²) in [4.78, 5) is 6.50. The lowest BCUT2D eigenvalue weighted by molar-refractivity contribution is 0.153. The highest BCUT2D eigenvalue weighted by Crippen LogP contribution is 2.48. The molecule has 25 heavy (non-hydrogen) atoms. The molecule has 1 saturated heterocycles. The lowest BCUT2D eigenvalue weighted by atomic mass is 10.1. The van der Waals surface area contributed by atoms with Gasteiger partial charge in [-0.15, -0.1) is 0 Å².